The van der Waals surface area contributed by atoms with Gasteiger partial charge in [0.15, 0.2) is 0 Å². The minimum Gasteiger partial charge on any atom is -0.395 e. The third-order valence-electron chi connectivity index (χ3n) is 1.88. The predicted molar refractivity (Wildman–Crippen MR) is 53.3 cm³/mol. The van der Waals surface area contributed by atoms with Crippen molar-refractivity contribution in [2.24, 2.45) is 0 Å². The van der Waals surface area contributed by atoms with Gasteiger partial charge in [0.25, 0.3) is 0 Å². The Morgan fingerprint density at radius 1 is 1.54 bits per heavy atom. The summed E-state index contributed by atoms with van der Waals surface area (Å²) in [6.07, 6.45) is 1.83. The molecule has 0 spiro atoms. The molecule has 0 unspecified atom stereocenters. The first-order valence-electron chi connectivity index (χ1n) is 3.97. The summed E-state index contributed by atoms with van der Waals surface area (Å²) in [5, 5.41) is 8.87. The van der Waals surface area contributed by atoms with Crippen LogP contribution in [0.3, 0.4) is 0 Å². The fourth-order valence-electron chi connectivity index (χ4n) is 1.08. The van der Waals surface area contributed by atoms with Crippen LogP contribution in [0.15, 0.2) is 23.1 Å². The standard InChI is InChI=1S/C10H12FOS/c1-7(6-12)8-4-3-5-9(13-2)10(8)11/h3-5,12H,6H2,1-2H3. The van der Waals surface area contributed by atoms with E-state index in [4.69, 9.17) is 5.11 Å². The largest absolute Gasteiger partial charge is 0.395 e. The van der Waals surface area contributed by atoms with Gasteiger partial charge in [0, 0.05) is 10.8 Å². The molecule has 71 valence electrons. The number of hydrogen-bond acceptors (Lipinski definition) is 2. The van der Waals surface area contributed by atoms with E-state index < -0.39 is 0 Å². The van der Waals surface area contributed by atoms with Gasteiger partial charge in [-0.1, -0.05) is 19.1 Å². The Labute approximate surface area is 82.0 Å². The van der Waals surface area contributed by atoms with Gasteiger partial charge in [-0.25, -0.2) is 4.39 Å². The molecule has 1 N–H and O–H groups in total. The lowest BCUT2D eigenvalue weighted by Crippen LogP contribution is -2.03. The van der Waals surface area contributed by atoms with Crippen molar-refractivity contribution < 1.29 is 9.50 Å². The maximum atomic E-state index is 13.6. The Kier molecular flexibility index (Phi) is 3.75. The van der Waals surface area contributed by atoms with Gasteiger partial charge in [-0.05, 0) is 17.9 Å². The van der Waals surface area contributed by atoms with Crippen molar-refractivity contribution in [3.63, 3.8) is 0 Å². The van der Waals surface area contributed by atoms with E-state index in [0.29, 0.717) is 16.4 Å². The highest BCUT2D eigenvalue weighted by Crippen LogP contribution is 2.25. The first kappa shape index (κ1) is 10.5. The molecule has 0 heterocycles. The second-order valence-electron chi connectivity index (χ2n) is 2.76. The quantitative estimate of drug-likeness (QED) is 0.755. The lowest BCUT2D eigenvalue weighted by Gasteiger charge is -2.10. The molecular formula is C10H12FOS. The van der Waals surface area contributed by atoms with Crippen LogP contribution < -0.4 is 0 Å². The van der Waals surface area contributed by atoms with E-state index in [1.807, 2.05) is 6.26 Å². The molecule has 3 heteroatoms. The normalized spacial score (nSPS) is 10.8. The highest BCUT2D eigenvalue weighted by atomic mass is 32.2. The summed E-state index contributed by atoms with van der Waals surface area (Å²) in [7, 11) is 0. The van der Waals surface area contributed by atoms with Crippen molar-refractivity contribution in [1.29, 1.82) is 0 Å². The summed E-state index contributed by atoms with van der Waals surface area (Å²) in [5.41, 5.74) is 0.509. The molecule has 13 heavy (non-hydrogen) atoms. The van der Waals surface area contributed by atoms with E-state index in [2.05, 4.69) is 0 Å². The molecule has 0 fully saturated rings. The fourth-order valence-corrected chi connectivity index (χ4v) is 1.59. The molecule has 1 aromatic carbocycles. The van der Waals surface area contributed by atoms with E-state index in [9.17, 15) is 4.39 Å². The molecule has 0 aliphatic carbocycles. The van der Waals surface area contributed by atoms with Crippen LogP contribution in [0.2, 0.25) is 0 Å². The third kappa shape index (κ3) is 2.23. The summed E-state index contributed by atoms with van der Waals surface area (Å²) in [5.74, 6) is 0.426. The number of hydrogen-bond donors (Lipinski definition) is 1. The van der Waals surface area contributed by atoms with Crippen LogP contribution in [-0.2, 0) is 0 Å². The van der Waals surface area contributed by atoms with Crippen LogP contribution in [0, 0.1) is 11.7 Å². The molecular weight excluding hydrogens is 187 g/mol. The van der Waals surface area contributed by atoms with Crippen molar-refractivity contribution in [3.8, 4) is 0 Å². The van der Waals surface area contributed by atoms with E-state index >= 15 is 0 Å². The first-order valence-corrected chi connectivity index (χ1v) is 5.19. The molecule has 1 rings (SSSR count). The number of aliphatic hydroxyl groups excluding tert-OH is 1. The van der Waals surface area contributed by atoms with Gasteiger partial charge >= 0.3 is 0 Å². The second kappa shape index (κ2) is 4.63. The lowest BCUT2D eigenvalue weighted by molar-refractivity contribution is 0.313. The van der Waals surface area contributed by atoms with Crippen molar-refractivity contribution in [3.05, 3.63) is 35.5 Å². The Balaban J connectivity index is 3.08. The first-order chi connectivity index (χ1) is 6.20. The van der Waals surface area contributed by atoms with Crippen molar-refractivity contribution in [1.82, 2.24) is 0 Å². The van der Waals surface area contributed by atoms with Crippen LogP contribution in [0.25, 0.3) is 0 Å². The van der Waals surface area contributed by atoms with Crippen LogP contribution >= 0.6 is 11.8 Å². The van der Waals surface area contributed by atoms with Crippen molar-refractivity contribution in [2.45, 2.75) is 11.8 Å². The monoisotopic (exact) mass is 199 g/mol. The molecule has 1 nitrogen and oxygen atoms in total. The molecule has 0 aliphatic heterocycles. The topological polar surface area (TPSA) is 20.2 Å². The van der Waals surface area contributed by atoms with Gasteiger partial charge in [-0.15, -0.1) is 11.8 Å². The number of thioether (sulfide) groups is 1. The van der Waals surface area contributed by atoms with Crippen LogP contribution in [0.4, 0.5) is 4.39 Å². The maximum Gasteiger partial charge on any atom is 0.140 e. The molecule has 0 saturated carbocycles. The minimum absolute atomic E-state index is 0.102. The van der Waals surface area contributed by atoms with E-state index in [1.165, 1.54) is 11.8 Å². The number of rotatable bonds is 3. The highest BCUT2D eigenvalue weighted by molar-refractivity contribution is 7.98. The molecule has 0 saturated heterocycles. The van der Waals surface area contributed by atoms with Crippen molar-refractivity contribution >= 4 is 11.8 Å². The fraction of sp³-hybridized carbons (Fsp3) is 0.300. The summed E-state index contributed by atoms with van der Waals surface area (Å²) >= 11 is 1.37. The molecule has 0 aliphatic rings. The molecule has 0 amide bonds. The lowest BCUT2D eigenvalue weighted by atomic mass is 10.0. The van der Waals surface area contributed by atoms with Gasteiger partial charge in [0.2, 0.25) is 0 Å². The van der Waals surface area contributed by atoms with Crippen molar-refractivity contribution in [2.75, 3.05) is 12.9 Å². The third-order valence-corrected chi connectivity index (χ3v) is 2.64. The highest BCUT2D eigenvalue weighted by Gasteiger charge is 2.12. The second-order valence-corrected chi connectivity index (χ2v) is 3.61. The molecule has 0 aromatic heterocycles. The van der Waals surface area contributed by atoms with Gasteiger partial charge in [-0.3, -0.25) is 0 Å². The zero-order chi connectivity index (χ0) is 9.84. The summed E-state index contributed by atoms with van der Waals surface area (Å²) < 4.78 is 13.6. The maximum absolute atomic E-state index is 13.6. The Hall–Kier alpha value is -0.540. The summed E-state index contributed by atoms with van der Waals surface area (Å²) in [6.45, 7) is 1.62. The summed E-state index contributed by atoms with van der Waals surface area (Å²) in [6, 6.07) is 5.21. The zero-order valence-electron chi connectivity index (χ0n) is 7.67. The van der Waals surface area contributed by atoms with Crippen LogP contribution in [-0.4, -0.2) is 18.0 Å². The van der Waals surface area contributed by atoms with Gasteiger partial charge in [0.1, 0.15) is 5.82 Å². The average Bonchev–Trinajstić information content (AvgIpc) is 2.17. The summed E-state index contributed by atoms with van der Waals surface area (Å²) in [4.78, 5) is 0.616. The Bertz CT molecular complexity index is 288. The molecule has 0 atom stereocenters. The van der Waals surface area contributed by atoms with Gasteiger partial charge in [-0.2, -0.15) is 0 Å². The minimum atomic E-state index is -0.235. The smallest absolute Gasteiger partial charge is 0.140 e. The Morgan fingerprint density at radius 2 is 2.23 bits per heavy atom. The number of halogens is 1. The SMILES string of the molecule is CSc1cccc([C](C)CO)c1F. The molecule has 1 aromatic rings. The van der Waals surface area contributed by atoms with Gasteiger partial charge in [0.05, 0.1) is 6.61 Å². The van der Waals surface area contributed by atoms with E-state index in [-0.39, 0.29) is 12.4 Å². The van der Waals surface area contributed by atoms with E-state index in [0.717, 1.165) is 0 Å². The van der Waals surface area contributed by atoms with Gasteiger partial charge < -0.3 is 5.11 Å². The average molecular weight is 199 g/mol. The zero-order valence-corrected chi connectivity index (χ0v) is 8.49. The number of benzene rings is 1. The Morgan fingerprint density at radius 3 is 2.77 bits per heavy atom. The van der Waals surface area contributed by atoms with E-state index in [1.54, 1.807) is 25.1 Å². The number of aliphatic hydroxyl groups is 1. The molecule has 0 bridgehead atoms. The predicted octanol–water partition coefficient (Wildman–Crippen LogP) is 2.48. The van der Waals surface area contributed by atoms with Crippen LogP contribution in [0.1, 0.15) is 12.5 Å². The van der Waals surface area contributed by atoms with Crippen LogP contribution in [0.5, 0.6) is 0 Å². The molecule has 1 radical (unpaired) electrons.